The van der Waals surface area contributed by atoms with Crippen LogP contribution < -0.4 is 9.80 Å². The number of hydrogen-bond donors (Lipinski definition) is 0. The van der Waals surface area contributed by atoms with Gasteiger partial charge in [-0.05, 0) is 133 Å². The molecule has 0 unspecified atom stereocenters. The van der Waals surface area contributed by atoms with Gasteiger partial charge in [-0.3, -0.25) is 0 Å². The monoisotopic (exact) mass is 748 g/mol. The molecule has 59 heavy (non-hydrogen) atoms. The van der Waals surface area contributed by atoms with Gasteiger partial charge in [-0.25, -0.2) is 0 Å². The zero-order valence-electron chi connectivity index (χ0n) is 32.2. The third-order valence-corrected chi connectivity index (χ3v) is 13.1. The van der Waals surface area contributed by atoms with E-state index in [-0.39, 0.29) is 0 Å². The minimum absolute atomic E-state index is 0.412. The maximum absolute atomic E-state index is 2.47. The van der Waals surface area contributed by atoms with Gasteiger partial charge >= 0.3 is 0 Å². The second-order valence-electron chi connectivity index (χ2n) is 16.0. The Balaban J connectivity index is 0.996. The van der Waals surface area contributed by atoms with Crippen molar-refractivity contribution in [3.63, 3.8) is 0 Å². The van der Waals surface area contributed by atoms with Gasteiger partial charge in [0.1, 0.15) is 0 Å². The molecule has 10 aromatic rings. The molecule has 1 heterocycles. The summed E-state index contributed by atoms with van der Waals surface area (Å²) in [5.74, 6) is 0. The minimum atomic E-state index is -0.412. The van der Waals surface area contributed by atoms with Gasteiger partial charge in [0.05, 0.1) is 16.8 Å². The number of nitrogens with zero attached hydrogens (tertiary/aromatic N) is 2. The van der Waals surface area contributed by atoms with Crippen LogP contribution in [0.2, 0.25) is 0 Å². The summed E-state index contributed by atoms with van der Waals surface area (Å²) in [5, 5.41) is 5.02. The van der Waals surface area contributed by atoms with Gasteiger partial charge in [0.25, 0.3) is 0 Å². The molecule has 1 spiro atoms. The standard InChI is InChI=1S/C57H36N2/c1-2-18-40(19-3-1)58(43-32-33-47-46-22-8-11-26-52(46)57(53(47)36-43)50-24-9-6-20-44(50)45-21-7-10-25-51(45)57)41-28-30-42(31-29-41)59-54-27-13-17-37-16-12-23-48(56(37)54)49-34-38-14-4-5-15-39(38)35-55(49)59/h1-36H. The second kappa shape index (κ2) is 12.2. The predicted octanol–water partition coefficient (Wildman–Crippen LogP) is 15.3. The van der Waals surface area contributed by atoms with E-state index in [1.165, 1.54) is 88.6 Å². The first-order valence-electron chi connectivity index (χ1n) is 20.5. The molecule has 2 nitrogen and oxygen atoms in total. The molecule has 0 N–H and O–H groups in total. The van der Waals surface area contributed by atoms with Crippen molar-refractivity contribution in [2.24, 2.45) is 0 Å². The van der Waals surface area contributed by atoms with Crippen molar-refractivity contribution >= 4 is 55.7 Å². The molecule has 0 saturated carbocycles. The van der Waals surface area contributed by atoms with Crippen molar-refractivity contribution in [1.29, 1.82) is 0 Å². The van der Waals surface area contributed by atoms with Crippen LogP contribution in [0.3, 0.4) is 0 Å². The lowest BCUT2D eigenvalue weighted by Crippen LogP contribution is -2.26. The van der Waals surface area contributed by atoms with Gasteiger partial charge < -0.3 is 9.80 Å². The number of anilines is 6. The molecule has 2 heteroatoms. The number of rotatable bonds is 4. The average Bonchev–Trinajstić information content (AvgIpc) is 3.77. The first-order valence-corrected chi connectivity index (χ1v) is 20.5. The SMILES string of the molecule is c1ccc(N(c2ccc(N3c4cc5ccccc5cc4-c4cccc5cccc3c45)cc2)c2ccc3c(c2)C2(c4ccccc4-c4ccccc42)c2ccccc2-3)cc1. The summed E-state index contributed by atoms with van der Waals surface area (Å²) in [7, 11) is 0. The van der Waals surface area contributed by atoms with Crippen LogP contribution in [0.1, 0.15) is 22.3 Å². The first kappa shape index (κ1) is 32.4. The van der Waals surface area contributed by atoms with Crippen molar-refractivity contribution in [2.45, 2.75) is 5.41 Å². The number of benzene rings is 10. The zero-order chi connectivity index (χ0) is 38.7. The van der Waals surface area contributed by atoms with Gasteiger partial charge in [-0.2, -0.15) is 0 Å². The molecular formula is C57H36N2. The van der Waals surface area contributed by atoms with Crippen LogP contribution in [0, 0.1) is 0 Å². The van der Waals surface area contributed by atoms with Crippen LogP contribution in [0.4, 0.5) is 34.1 Å². The summed E-state index contributed by atoms with van der Waals surface area (Å²) in [5.41, 5.74) is 19.6. The van der Waals surface area contributed by atoms with Gasteiger partial charge in [0.2, 0.25) is 0 Å². The van der Waals surface area contributed by atoms with E-state index in [1.807, 2.05) is 0 Å². The largest absolute Gasteiger partial charge is 0.310 e. The summed E-state index contributed by atoms with van der Waals surface area (Å²) in [6.07, 6.45) is 0. The third kappa shape index (κ3) is 4.40. The van der Waals surface area contributed by atoms with E-state index in [2.05, 4.69) is 228 Å². The zero-order valence-corrected chi connectivity index (χ0v) is 32.2. The summed E-state index contributed by atoms with van der Waals surface area (Å²) in [6.45, 7) is 0. The summed E-state index contributed by atoms with van der Waals surface area (Å²) >= 11 is 0. The highest BCUT2D eigenvalue weighted by molar-refractivity contribution is 6.15. The van der Waals surface area contributed by atoms with Gasteiger partial charge in [0.15, 0.2) is 0 Å². The fraction of sp³-hybridized carbons (Fsp3) is 0.0175. The van der Waals surface area contributed by atoms with Crippen LogP contribution in [0.5, 0.6) is 0 Å². The highest BCUT2D eigenvalue weighted by atomic mass is 15.2. The molecule has 0 aromatic heterocycles. The molecule has 0 atom stereocenters. The van der Waals surface area contributed by atoms with E-state index in [0.29, 0.717) is 0 Å². The Hall–Kier alpha value is -7.68. The topological polar surface area (TPSA) is 6.48 Å². The molecule has 0 bridgehead atoms. The van der Waals surface area contributed by atoms with Crippen LogP contribution in [0.15, 0.2) is 218 Å². The number of fused-ring (bicyclic) bond motifs is 13. The van der Waals surface area contributed by atoms with Crippen molar-refractivity contribution in [3.05, 3.63) is 241 Å². The Morgan fingerprint density at radius 1 is 0.305 bits per heavy atom. The van der Waals surface area contributed by atoms with Crippen molar-refractivity contribution in [3.8, 4) is 33.4 Å². The lowest BCUT2D eigenvalue weighted by Gasteiger charge is -2.34. The van der Waals surface area contributed by atoms with Gasteiger partial charge in [0, 0.05) is 33.7 Å². The van der Waals surface area contributed by atoms with E-state index in [1.54, 1.807) is 0 Å². The maximum Gasteiger partial charge on any atom is 0.0726 e. The van der Waals surface area contributed by atoms with Gasteiger partial charge in [-0.15, -0.1) is 0 Å². The van der Waals surface area contributed by atoms with Crippen LogP contribution >= 0.6 is 0 Å². The maximum atomic E-state index is 2.47. The predicted molar refractivity (Wildman–Crippen MR) is 246 cm³/mol. The van der Waals surface area contributed by atoms with E-state index in [9.17, 15) is 0 Å². The van der Waals surface area contributed by atoms with Crippen LogP contribution in [0.25, 0.3) is 54.9 Å². The molecule has 0 fully saturated rings. The lowest BCUT2D eigenvalue weighted by molar-refractivity contribution is 0.793. The fourth-order valence-electron chi connectivity index (χ4n) is 10.8. The molecular weight excluding hydrogens is 713 g/mol. The summed E-state index contributed by atoms with van der Waals surface area (Å²) < 4.78 is 0. The quantitative estimate of drug-likeness (QED) is 0.177. The van der Waals surface area contributed by atoms with Gasteiger partial charge in [-0.1, -0.05) is 152 Å². The number of para-hydroxylation sites is 1. The van der Waals surface area contributed by atoms with Crippen molar-refractivity contribution in [1.82, 2.24) is 0 Å². The van der Waals surface area contributed by atoms with Crippen LogP contribution in [-0.2, 0) is 5.41 Å². The first-order chi connectivity index (χ1) is 29.3. The molecule has 0 amide bonds. The van der Waals surface area contributed by atoms with E-state index in [4.69, 9.17) is 0 Å². The molecule has 0 radical (unpaired) electrons. The smallest absolute Gasteiger partial charge is 0.0726 e. The van der Waals surface area contributed by atoms with E-state index in [0.717, 1.165) is 22.7 Å². The number of hydrogen-bond acceptors (Lipinski definition) is 2. The normalized spacial score (nSPS) is 13.5. The average molecular weight is 749 g/mol. The Kier molecular flexibility index (Phi) is 6.68. The fourth-order valence-corrected chi connectivity index (χ4v) is 10.8. The highest BCUT2D eigenvalue weighted by Crippen LogP contribution is 2.63. The summed E-state index contributed by atoms with van der Waals surface area (Å²) in [6, 6.07) is 81.1. The minimum Gasteiger partial charge on any atom is -0.310 e. The molecule has 2 aliphatic carbocycles. The molecule has 1 aliphatic heterocycles. The third-order valence-electron chi connectivity index (χ3n) is 13.1. The highest BCUT2D eigenvalue weighted by Gasteiger charge is 2.51. The van der Waals surface area contributed by atoms with E-state index < -0.39 is 5.41 Å². The molecule has 3 aliphatic rings. The Labute approximate surface area is 343 Å². The molecule has 13 rings (SSSR count). The lowest BCUT2D eigenvalue weighted by atomic mass is 9.70. The van der Waals surface area contributed by atoms with Crippen molar-refractivity contribution < 1.29 is 0 Å². The molecule has 0 saturated heterocycles. The van der Waals surface area contributed by atoms with Crippen LogP contribution in [-0.4, -0.2) is 0 Å². The summed E-state index contributed by atoms with van der Waals surface area (Å²) in [4.78, 5) is 4.88. The Bertz CT molecular complexity index is 3270. The molecule has 10 aromatic carbocycles. The van der Waals surface area contributed by atoms with Crippen molar-refractivity contribution in [2.75, 3.05) is 9.80 Å². The second-order valence-corrected chi connectivity index (χ2v) is 16.0. The van der Waals surface area contributed by atoms with E-state index >= 15 is 0 Å². The molecule has 274 valence electrons. The Morgan fingerprint density at radius 3 is 1.49 bits per heavy atom. The Morgan fingerprint density at radius 2 is 0.814 bits per heavy atom.